The van der Waals surface area contributed by atoms with Crippen molar-refractivity contribution in [3.05, 3.63) is 59.7 Å². The van der Waals surface area contributed by atoms with E-state index < -0.39 is 6.04 Å². The zero-order chi connectivity index (χ0) is 22.7. The lowest BCUT2D eigenvalue weighted by Crippen LogP contribution is -2.41. The normalized spacial score (nSPS) is 18.3. The molecule has 0 bridgehead atoms. The van der Waals surface area contributed by atoms with E-state index in [1.54, 1.807) is 28.1 Å². The van der Waals surface area contributed by atoms with Crippen molar-refractivity contribution in [3.63, 3.8) is 0 Å². The number of hydrogen-bond acceptors (Lipinski definition) is 6. The minimum Gasteiger partial charge on any atom is -0.378 e. The van der Waals surface area contributed by atoms with Crippen LogP contribution in [0.3, 0.4) is 0 Å². The van der Waals surface area contributed by atoms with Gasteiger partial charge in [0.15, 0.2) is 5.78 Å². The predicted molar refractivity (Wildman–Crippen MR) is 122 cm³/mol. The van der Waals surface area contributed by atoms with E-state index in [9.17, 15) is 14.4 Å². The summed E-state index contributed by atoms with van der Waals surface area (Å²) in [5.74, 6) is -0.518. The van der Waals surface area contributed by atoms with Gasteiger partial charge in [0.1, 0.15) is 11.8 Å². The maximum absolute atomic E-state index is 13.0. The Morgan fingerprint density at radius 3 is 2.44 bits per heavy atom. The van der Waals surface area contributed by atoms with Gasteiger partial charge in [0, 0.05) is 30.8 Å². The predicted octanol–water partition coefficient (Wildman–Crippen LogP) is 2.63. The molecular formula is C24H26N4O4. The van der Waals surface area contributed by atoms with Crippen LogP contribution < -0.4 is 10.3 Å². The van der Waals surface area contributed by atoms with Crippen molar-refractivity contribution in [2.24, 2.45) is 5.10 Å². The summed E-state index contributed by atoms with van der Waals surface area (Å²) in [6.45, 7) is 5.46. The van der Waals surface area contributed by atoms with Gasteiger partial charge in [0.2, 0.25) is 0 Å². The Bertz CT molecular complexity index is 1060. The second-order valence-corrected chi connectivity index (χ2v) is 7.89. The largest absolute Gasteiger partial charge is 0.378 e. The SMILES string of the molecule is CC(=O)C1CC(C(=O)Nc2cccc(C(=O)N3CCOCC3)c2C)=NN1c1ccccc1. The van der Waals surface area contributed by atoms with Crippen LogP contribution in [-0.2, 0) is 14.3 Å². The second kappa shape index (κ2) is 9.32. The molecule has 0 radical (unpaired) electrons. The number of rotatable bonds is 5. The van der Waals surface area contributed by atoms with Crippen LogP contribution in [0.15, 0.2) is 53.6 Å². The molecule has 1 unspecified atom stereocenters. The molecule has 0 aliphatic carbocycles. The van der Waals surface area contributed by atoms with E-state index in [1.807, 2.05) is 37.3 Å². The highest BCUT2D eigenvalue weighted by Gasteiger charge is 2.34. The third-order valence-electron chi connectivity index (χ3n) is 5.77. The van der Waals surface area contributed by atoms with Gasteiger partial charge in [-0.2, -0.15) is 5.10 Å². The number of para-hydroxylation sites is 1. The Kier molecular flexibility index (Phi) is 6.32. The maximum Gasteiger partial charge on any atom is 0.271 e. The van der Waals surface area contributed by atoms with Crippen LogP contribution >= 0.6 is 0 Å². The van der Waals surface area contributed by atoms with E-state index in [4.69, 9.17) is 4.74 Å². The molecule has 8 nitrogen and oxygen atoms in total. The Hall–Kier alpha value is -3.52. The van der Waals surface area contributed by atoms with Crippen molar-refractivity contribution in [1.29, 1.82) is 0 Å². The van der Waals surface area contributed by atoms with Gasteiger partial charge >= 0.3 is 0 Å². The molecule has 2 aromatic carbocycles. The molecule has 2 amide bonds. The molecule has 1 atom stereocenters. The van der Waals surface area contributed by atoms with Gasteiger partial charge in [-0.05, 0) is 43.7 Å². The Balaban J connectivity index is 1.54. The van der Waals surface area contributed by atoms with Gasteiger partial charge in [-0.3, -0.25) is 19.4 Å². The van der Waals surface area contributed by atoms with Crippen molar-refractivity contribution in [1.82, 2.24) is 4.90 Å². The van der Waals surface area contributed by atoms with Crippen LogP contribution in [0.1, 0.15) is 29.3 Å². The number of carbonyl (C=O) groups is 3. The van der Waals surface area contributed by atoms with Gasteiger partial charge in [-0.25, -0.2) is 0 Å². The van der Waals surface area contributed by atoms with E-state index >= 15 is 0 Å². The minimum atomic E-state index is -0.520. The fourth-order valence-corrected chi connectivity index (χ4v) is 3.92. The molecule has 0 aromatic heterocycles. The molecule has 8 heteroatoms. The van der Waals surface area contributed by atoms with Gasteiger partial charge in [0.25, 0.3) is 11.8 Å². The molecule has 2 heterocycles. The van der Waals surface area contributed by atoms with Crippen LogP contribution in [0, 0.1) is 6.92 Å². The monoisotopic (exact) mass is 434 g/mol. The lowest BCUT2D eigenvalue weighted by molar-refractivity contribution is -0.118. The van der Waals surface area contributed by atoms with Crippen LogP contribution in [0.2, 0.25) is 0 Å². The lowest BCUT2D eigenvalue weighted by Gasteiger charge is -2.27. The van der Waals surface area contributed by atoms with Gasteiger partial charge in [-0.1, -0.05) is 24.3 Å². The molecule has 1 N–H and O–H groups in total. The quantitative estimate of drug-likeness (QED) is 0.781. The highest BCUT2D eigenvalue weighted by molar-refractivity contribution is 6.44. The topological polar surface area (TPSA) is 91.3 Å². The fraction of sp³-hybridized carbons (Fsp3) is 0.333. The summed E-state index contributed by atoms with van der Waals surface area (Å²) < 4.78 is 5.32. The Labute approximate surface area is 186 Å². The maximum atomic E-state index is 13.0. The number of carbonyl (C=O) groups excluding carboxylic acids is 3. The number of amides is 2. The molecule has 2 aliphatic rings. The molecule has 0 spiro atoms. The number of hydrogen-bond donors (Lipinski definition) is 1. The fourth-order valence-electron chi connectivity index (χ4n) is 3.92. The van der Waals surface area contributed by atoms with Crippen molar-refractivity contribution in [2.75, 3.05) is 36.6 Å². The summed E-state index contributed by atoms with van der Waals surface area (Å²) in [7, 11) is 0. The van der Waals surface area contributed by atoms with E-state index in [0.717, 1.165) is 5.69 Å². The number of anilines is 2. The van der Waals surface area contributed by atoms with E-state index in [-0.39, 0.29) is 29.7 Å². The summed E-state index contributed by atoms with van der Waals surface area (Å²) >= 11 is 0. The molecule has 1 fully saturated rings. The van der Waals surface area contributed by atoms with Gasteiger partial charge < -0.3 is 15.0 Å². The lowest BCUT2D eigenvalue weighted by atomic mass is 10.0. The van der Waals surface area contributed by atoms with Crippen molar-refractivity contribution in [2.45, 2.75) is 26.3 Å². The van der Waals surface area contributed by atoms with E-state index in [0.29, 0.717) is 43.1 Å². The third-order valence-corrected chi connectivity index (χ3v) is 5.77. The van der Waals surface area contributed by atoms with Crippen molar-refractivity contribution in [3.8, 4) is 0 Å². The minimum absolute atomic E-state index is 0.0605. The first-order valence-electron chi connectivity index (χ1n) is 10.7. The molecule has 32 heavy (non-hydrogen) atoms. The number of Topliss-reactive ketones (excluding diaryl/α,β-unsaturated/α-hetero) is 1. The average Bonchev–Trinajstić information content (AvgIpc) is 3.27. The summed E-state index contributed by atoms with van der Waals surface area (Å²) in [6, 6.07) is 14.1. The first-order valence-corrected chi connectivity index (χ1v) is 10.7. The smallest absolute Gasteiger partial charge is 0.271 e. The van der Waals surface area contributed by atoms with Gasteiger partial charge in [0.05, 0.1) is 18.9 Å². The molecule has 4 rings (SSSR count). The molecule has 2 aliphatic heterocycles. The summed E-state index contributed by atoms with van der Waals surface area (Å²) in [6.07, 6.45) is 0.224. The number of ether oxygens (including phenoxy) is 1. The highest BCUT2D eigenvalue weighted by atomic mass is 16.5. The number of nitrogens with zero attached hydrogens (tertiary/aromatic N) is 3. The second-order valence-electron chi connectivity index (χ2n) is 7.89. The Morgan fingerprint density at radius 2 is 1.75 bits per heavy atom. The number of hydrazone groups is 1. The highest BCUT2D eigenvalue weighted by Crippen LogP contribution is 2.26. The number of nitrogens with one attached hydrogen (secondary N) is 1. The van der Waals surface area contributed by atoms with Gasteiger partial charge in [-0.15, -0.1) is 0 Å². The number of benzene rings is 2. The third kappa shape index (κ3) is 4.40. The molecule has 2 aromatic rings. The zero-order valence-electron chi connectivity index (χ0n) is 18.2. The molecule has 1 saturated heterocycles. The van der Waals surface area contributed by atoms with Crippen LogP contribution in [-0.4, -0.2) is 60.6 Å². The summed E-state index contributed by atoms with van der Waals surface area (Å²) in [4.78, 5) is 39.9. The number of morpholine rings is 1. The summed E-state index contributed by atoms with van der Waals surface area (Å²) in [5, 5.41) is 8.92. The van der Waals surface area contributed by atoms with Crippen molar-refractivity contribution >= 4 is 34.7 Å². The average molecular weight is 434 g/mol. The first-order chi connectivity index (χ1) is 15.5. The number of ketones is 1. The van der Waals surface area contributed by atoms with Crippen LogP contribution in [0.5, 0.6) is 0 Å². The van der Waals surface area contributed by atoms with Crippen molar-refractivity contribution < 1.29 is 19.1 Å². The first kappa shape index (κ1) is 21.7. The molecular weight excluding hydrogens is 408 g/mol. The molecule has 166 valence electrons. The summed E-state index contributed by atoms with van der Waals surface area (Å²) in [5.41, 5.74) is 2.82. The molecule has 0 saturated carbocycles. The van der Waals surface area contributed by atoms with Crippen LogP contribution in [0.4, 0.5) is 11.4 Å². The van der Waals surface area contributed by atoms with Crippen LogP contribution in [0.25, 0.3) is 0 Å². The Morgan fingerprint density at radius 1 is 1.03 bits per heavy atom. The zero-order valence-corrected chi connectivity index (χ0v) is 18.2. The standard InChI is InChI=1S/C24H26N4O4/c1-16-19(24(31)27-11-13-32-14-12-27)9-6-10-20(16)25-23(30)21-15-22(17(2)29)28(26-21)18-7-4-3-5-8-18/h3-10,22H,11-15H2,1-2H3,(H,25,30). The van der Waals surface area contributed by atoms with E-state index in [2.05, 4.69) is 10.4 Å². The van der Waals surface area contributed by atoms with E-state index in [1.165, 1.54) is 6.92 Å².